The van der Waals surface area contributed by atoms with Crippen LogP contribution in [-0.4, -0.2) is 29.1 Å². The smallest absolute Gasteiger partial charge is 0.278 e. The van der Waals surface area contributed by atoms with Gasteiger partial charge in [-0.2, -0.15) is 5.10 Å². The lowest BCUT2D eigenvalue weighted by Gasteiger charge is -2.02. The predicted octanol–water partition coefficient (Wildman–Crippen LogP) is 3.71. The molecule has 0 radical (unpaired) electrons. The fourth-order valence-electron chi connectivity index (χ4n) is 2.28. The van der Waals surface area contributed by atoms with Crippen molar-refractivity contribution in [2.45, 2.75) is 0 Å². The number of ether oxygens (including phenoxy) is 1. The maximum absolute atomic E-state index is 12.5. The standard InChI is InChI=1S/C18H13ClN2O3/c1-24-16-8-4-12(5-9-16)17-14(11-22)10-21(20-17)18(23)13-2-6-15(19)7-3-13/h2-11H,1H3. The Morgan fingerprint density at radius 2 is 1.79 bits per heavy atom. The zero-order valence-corrected chi connectivity index (χ0v) is 13.5. The number of halogens is 1. The van der Waals surface area contributed by atoms with Crippen LogP contribution in [0.25, 0.3) is 11.3 Å². The molecule has 0 atom stereocenters. The van der Waals surface area contributed by atoms with Crippen molar-refractivity contribution in [1.29, 1.82) is 0 Å². The number of hydrogen-bond acceptors (Lipinski definition) is 4. The van der Waals surface area contributed by atoms with Crippen molar-refractivity contribution in [3.63, 3.8) is 0 Å². The van der Waals surface area contributed by atoms with Gasteiger partial charge >= 0.3 is 0 Å². The average molecular weight is 341 g/mol. The first-order valence-electron chi connectivity index (χ1n) is 7.12. The van der Waals surface area contributed by atoms with Crippen LogP contribution in [0.3, 0.4) is 0 Å². The van der Waals surface area contributed by atoms with E-state index in [1.54, 1.807) is 55.6 Å². The van der Waals surface area contributed by atoms with Crippen molar-refractivity contribution >= 4 is 23.8 Å². The van der Waals surface area contributed by atoms with E-state index in [9.17, 15) is 9.59 Å². The lowest BCUT2D eigenvalue weighted by atomic mass is 10.1. The normalized spacial score (nSPS) is 10.4. The molecule has 0 bridgehead atoms. The van der Waals surface area contributed by atoms with Crippen molar-refractivity contribution in [1.82, 2.24) is 9.78 Å². The van der Waals surface area contributed by atoms with E-state index in [0.29, 0.717) is 33.9 Å². The number of nitrogens with zero attached hydrogens (tertiary/aromatic N) is 2. The summed E-state index contributed by atoms with van der Waals surface area (Å²) < 4.78 is 6.27. The molecule has 2 aromatic carbocycles. The van der Waals surface area contributed by atoms with Gasteiger partial charge < -0.3 is 4.74 Å². The Morgan fingerprint density at radius 3 is 2.38 bits per heavy atom. The van der Waals surface area contributed by atoms with E-state index in [0.717, 1.165) is 10.2 Å². The molecule has 5 nitrogen and oxygen atoms in total. The number of carbonyl (C=O) groups is 2. The Bertz CT molecular complexity index is 884. The summed E-state index contributed by atoms with van der Waals surface area (Å²) in [6.07, 6.45) is 2.10. The molecule has 0 aliphatic heterocycles. The molecular formula is C18H13ClN2O3. The van der Waals surface area contributed by atoms with E-state index in [4.69, 9.17) is 16.3 Å². The lowest BCUT2D eigenvalue weighted by molar-refractivity contribution is 0.0945. The van der Waals surface area contributed by atoms with Gasteiger partial charge in [-0.3, -0.25) is 9.59 Å². The number of rotatable bonds is 4. The molecule has 0 aliphatic rings. The van der Waals surface area contributed by atoms with E-state index in [2.05, 4.69) is 5.10 Å². The number of carbonyl (C=O) groups excluding carboxylic acids is 2. The fraction of sp³-hybridized carbons (Fsp3) is 0.0556. The third-order valence-corrected chi connectivity index (χ3v) is 3.78. The second kappa shape index (κ2) is 6.68. The second-order valence-electron chi connectivity index (χ2n) is 5.04. The van der Waals surface area contributed by atoms with Crippen LogP contribution in [0.15, 0.2) is 54.7 Å². The largest absolute Gasteiger partial charge is 0.497 e. The molecule has 6 heteroatoms. The van der Waals surface area contributed by atoms with Gasteiger partial charge in [0, 0.05) is 22.3 Å². The number of aldehydes is 1. The van der Waals surface area contributed by atoms with E-state index in [1.165, 1.54) is 6.20 Å². The van der Waals surface area contributed by atoms with Crippen LogP contribution in [0.2, 0.25) is 5.02 Å². The predicted molar refractivity (Wildman–Crippen MR) is 90.8 cm³/mol. The Labute approximate surface area is 143 Å². The van der Waals surface area contributed by atoms with Gasteiger partial charge in [-0.1, -0.05) is 11.6 Å². The van der Waals surface area contributed by atoms with Crippen LogP contribution < -0.4 is 4.74 Å². The Hall–Kier alpha value is -2.92. The minimum Gasteiger partial charge on any atom is -0.497 e. The first-order valence-corrected chi connectivity index (χ1v) is 7.49. The quantitative estimate of drug-likeness (QED) is 0.679. The Morgan fingerprint density at radius 1 is 1.12 bits per heavy atom. The van der Waals surface area contributed by atoms with Crippen molar-refractivity contribution in [3.8, 4) is 17.0 Å². The summed E-state index contributed by atoms with van der Waals surface area (Å²) in [7, 11) is 1.57. The minimum absolute atomic E-state index is 0.336. The van der Waals surface area contributed by atoms with Gasteiger partial charge in [0.25, 0.3) is 5.91 Å². The average Bonchev–Trinajstić information content (AvgIpc) is 3.06. The van der Waals surface area contributed by atoms with Gasteiger partial charge in [-0.15, -0.1) is 0 Å². The molecule has 1 heterocycles. The molecule has 0 fully saturated rings. The van der Waals surface area contributed by atoms with E-state index in [-0.39, 0.29) is 5.91 Å². The van der Waals surface area contributed by atoms with Gasteiger partial charge in [0.2, 0.25) is 0 Å². The third kappa shape index (κ3) is 3.07. The van der Waals surface area contributed by atoms with Crippen LogP contribution in [0.4, 0.5) is 0 Å². The van der Waals surface area contributed by atoms with Crippen LogP contribution in [0.1, 0.15) is 20.7 Å². The maximum atomic E-state index is 12.5. The van der Waals surface area contributed by atoms with E-state index in [1.807, 2.05) is 0 Å². The topological polar surface area (TPSA) is 61.2 Å². The minimum atomic E-state index is -0.338. The molecular weight excluding hydrogens is 328 g/mol. The second-order valence-corrected chi connectivity index (χ2v) is 5.47. The molecule has 0 aliphatic carbocycles. The highest BCUT2D eigenvalue weighted by Crippen LogP contribution is 2.24. The van der Waals surface area contributed by atoms with Crippen LogP contribution >= 0.6 is 11.6 Å². The molecule has 0 amide bonds. The first kappa shape index (κ1) is 16.0. The summed E-state index contributed by atoms with van der Waals surface area (Å²) in [5, 5.41) is 4.81. The maximum Gasteiger partial charge on any atom is 0.278 e. The summed E-state index contributed by atoms with van der Waals surface area (Å²) in [5.74, 6) is 0.359. The van der Waals surface area contributed by atoms with Crippen molar-refractivity contribution in [2.24, 2.45) is 0 Å². The summed E-state index contributed by atoms with van der Waals surface area (Å²) in [6, 6.07) is 13.6. The Kier molecular flexibility index (Phi) is 4.44. The molecule has 3 rings (SSSR count). The zero-order valence-electron chi connectivity index (χ0n) is 12.8. The van der Waals surface area contributed by atoms with Crippen LogP contribution in [-0.2, 0) is 0 Å². The van der Waals surface area contributed by atoms with Gasteiger partial charge in [-0.25, -0.2) is 4.68 Å². The zero-order chi connectivity index (χ0) is 17.1. The van der Waals surface area contributed by atoms with Crippen molar-refractivity contribution in [3.05, 3.63) is 70.9 Å². The summed E-state index contributed by atoms with van der Waals surface area (Å²) in [4.78, 5) is 23.8. The molecule has 0 saturated carbocycles. The highest BCUT2D eigenvalue weighted by Gasteiger charge is 2.16. The highest BCUT2D eigenvalue weighted by atomic mass is 35.5. The fourth-order valence-corrected chi connectivity index (χ4v) is 2.40. The number of hydrogen-bond donors (Lipinski definition) is 0. The lowest BCUT2D eigenvalue weighted by Crippen LogP contribution is -2.12. The highest BCUT2D eigenvalue weighted by molar-refractivity contribution is 6.30. The van der Waals surface area contributed by atoms with Crippen LogP contribution in [0, 0.1) is 0 Å². The summed E-state index contributed by atoms with van der Waals surface area (Å²) in [6.45, 7) is 0. The van der Waals surface area contributed by atoms with E-state index >= 15 is 0 Å². The van der Waals surface area contributed by atoms with Gasteiger partial charge in [-0.05, 0) is 48.5 Å². The third-order valence-electron chi connectivity index (χ3n) is 3.53. The molecule has 0 N–H and O–H groups in total. The molecule has 1 aromatic heterocycles. The summed E-state index contributed by atoms with van der Waals surface area (Å²) >= 11 is 5.83. The molecule has 0 unspecified atom stereocenters. The first-order chi connectivity index (χ1) is 11.6. The van der Waals surface area contributed by atoms with Crippen molar-refractivity contribution in [2.75, 3.05) is 7.11 Å². The van der Waals surface area contributed by atoms with Crippen molar-refractivity contribution < 1.29 is 14.3 Å². The molecule has 0 spiro atoms. The van der Waals surface area contributed by atoms with E-state index < -0.39 is 0 Å². The molecule has 120 valence electrons. The number of methoxy groups -OCH3 is 1. The molecule has 24 heavy (non-hydrogen) atoms. The van der Waals surface area contributed by atoms with Crippen LogP contribution in [0.5, 0.6) is 5.75 Å². The SMILES string of the molecule is COc1ccc(-c2nn(C(=O)c3ccc(Cl)cc3)cc2C=O)cc1. The summed E-state index contributed by atoms with van der Waals surface area (Å²) in [5.41, 5.74) is 1.93. The van der Waals surface area contributed by atoms with Gasteiger partial charge in [0.15, 0.2) is 6.29 Å². The monoisotopic (exact) mass is 340 g/mol. The van der Waals surface area contributed by atoms with Gasteiger partial charge in [0.1, 0.15) is 11.4 Å². The Balaban J connectivity index is 1.99. The molecule has 0 saturated heterocycles. The van der Waals surface area contributed by atoms with Gasteiger partial charge in [0.05, 0.1) is 12.7 Å². The number of aromatic nitrogens is 2. The number of benzene rings is 2. The molecule has 3 aromatic rings.